The molecule has 0 aliphatic carbocycles. The Morgan fingerprint density at radius 3 is 2.14 bits per heavy atom. The molecular weight excluding hydrogens is 474 g/mol. The van der Waals surface area contributed by atoms with Crippen LogP contribution in [0.25, 0.3) is 5.76 Å². The van der Waals surface area contributed by atoms with Crippen LogP contribution in [0.1, 0.15) is 60.2 Å². The molecule has 186 valence electrons. The first-order valence-corrected chi connectivity index (χ1v) is 12.2. The van der Waals surface area contributed by atoms with Gasteiger partial charge in [-0.3, -0.25) is 14.5 Å². The summed E-state index contributed by atoms with van der Waals surface area (Å²) >= 11 is 6.23. The zero-order valence-electron chi connectivity index (χ0n) is 21.3. The molecule has 1 saturated heterocycles. The van der Waals surface area contributed by atoms with Crippen molar-refractivity contribution < 1.29 is 19.8 Å². The maximum Gasteiger partial charge on any atom is 0.300 e. The maximum atomic E-state index is 13.5. The Labute approximate surface area is 216 Å². The van der Waals surface area contributed by atoms with Crippen LogP contribution < -0.4 is 4.90 Å². The monoisotopic (exact) mass is 503 g/mol. The number of carbonyl (C=O) groups is 2. The molecule has 1 amide bonds. The summed E-state index contributed by atoms with van der Waals surface area (Å²) in [4.78, 5) is 28.4. The number of phenols is 1. The van der Waals surface area contributed by atoms with Gasteiger partial charge in [0.05, 0.1) is 16.6 Å². The van der Waals surface area contributed by atoms with Gasteiger partial charge in [0.25, 0.3) is 11.7 Å². The molecule has 1 heterocycles. The predicted octanol–water partition coefficient (Wildman–Crippen LogP) is 6.89. The van der Waals surface area contributed by atoms with E-state index in [1.165, 1.54) is 17.0 Å². The van der Waals surface area contributed by atoms with Crippen LogP contribution >= 0.6 is 11.6 Å². The SMILES string of the molecule is Cc1cc(C)cc(N2C(=O)C(=O)/C(=C(/O)c3cc(C(C)(C)C)ccc3C)C2c2ccc(O)c(Cl)c2)c1. The number of hydrogen-bond donors (Lipinski definition) is 2. The van der Waals surface area contributed by atoms with E-state index in [9.17, 15) is 19.8 Å². The minimum Gasteiger partial charge on any atom is -0.507 e. The Hall–Kier alpha value is -3.57. The molecule has 1 aliphatic rings. The fourth-order valence-corrected chi connectivity index (χ4v) is 4.87. The molecule has 0 radical (unpaired) electrons. The summed E-state index contributed by atoms with van der Waals surface area (Å²) in [6, 6.07) is 15.0. The molecule has 0 bridgehead atoms. The molecular formula is C30H30ClNO4. The zero-order valence-corrected chi connectivity index (χ0v) is 22.1. The molecule has 0 spiro atoms. The largest absolute Gasteiger partial charge is 0.507 e. The number of benzene rings is 3. The number of nitrogens with zero attached hydrogens (tertiary/aromatic N) is 1. The Kier molecular flexibility index (Phi) is 6.48. The van der Waals surface area contributed by atoms with Crippen LogP contribution in [0.5, 0.6) is 5.75 Å². The van der Waals surface area contributed by atoms with Gasteiger partial charge in [-0.2, -0.15) is 0 Å². The van der Waals surface area contributed by atoms with E-state index in [1.54, 1.807) is 6.07 Å². The van der Waals surface area contributed by atoms with E-state index in [1.807, 2.05) is 57.2 Å². The summed E-state index contributed by atoms with van der Waals surface area (Å²) < 4.78 is 0. The summed E-state index contributed by atoms with van der Waals surface area (Å²) in [5, 5.41) is 21.7. The molecule has 0 aromatic heterocycles. The van der Waals surface area contributed by atoms with E-state index in [4.69, 9.17) is 11.6 Å². The van der Waals surface area contributed by atoms with Crippen molar-refractivity contribution in [2.45, 2.75) is 53.0 Å². The lowest BCUT2D eigenvalue weighted by Gasteiger charge is -2.27. The van der Waals surface area contributed by atoms with Crippen molar-refractivity contribution in [1.82, 2.24) is 0 Å². The fourth-order valence-electron chi connectivity index (χ4n) is 4.69. The van der Waals surface area contributed by atoms with Crippen molar-refractivity contribution in [3.8, 4) is 5.75 Å². The molecule has 3 aromatic rings. The van der Waals surface area contributed by atoms with Crippen LogP contribution in [0.4, 0.5) is 5.69 Å². The second-order valence-corrected chi connectivity index (χ2v) is 10.9. The van der Waals surface area contributed by atoms with Crippen molar-refractivity contribution in [3.63, 3.8) is 0 Å². The van der Waals surface area contributed by atoms with E-state index in [0.717, 1.165) is 22.3 Å². The maximum absolute atomic E-state index is 13.5. The second kappa shape index (κ2) is 9.14. The highest BCUT2D eigenvalue weighted by atomic mass is 35.5. The van der Waals surface area contributed by atoms with Crippen LogP contribution in [0.2, 0.25) is 5.02 Å². The first kappa shape index (κ1) is 25.5. The molecule has 6 heteroatoms. The number of hydrogen-bond acceptors (Lipinski definition) is 4. The van der Waals surface area contributed by atoms with Crippen molar-refractivity contribution in [3.05, 3.63) is 98.6 Å². The molecule has 5 nitrogen and oxygen atoms in total. The highest BCUT2D eigenvalue weighted by Crippen LogP contribution is 2.44. The summed E-state index contributed by atoms with van der Waals surface area (Å²) in [6.45, 7) is 11.9. The molecule has 4 rings (SSSR count). The lowest BCUT2D eigenvalue weighted by molar-refractivity contribution is -0.132. The highest BCUT2D eigenvalue weighted by molar-refractivity contribution is 6.51. The number of Topliss-reactive ketones (excluding diaryl/α,β-unsaturated/α-hetero) is 1. The third kappa shape index (κ3) is 4.51. The van der Waals surface area contributed by atoms with E-state index in [0.29, 0.717) is 16.8 Å². The van der Waals surface area contributed by atoms with Crippen LogP contribution in [0.3, 0.4) is 0 Å². The van der Waals surface area contributed by atoms with E-state index >= 15 is 0 Å². The van der Waals surface area contributed by atoms with E-state index in [-0.39, 0.29) is 27.5 Å². The predicted molar refractivity (Wildman–Crippen MR) is 144 cm³/mol. The van der Waals surface area contributed by atoms with Crippen LogP contribution in [-0.2, 0) is 15.0 Å². The average Bonchev–Trinajstić information content (AvgIpc) is 3.04. The molecule has 36 heavy (non-hydrogen) atoms. The normalized spacial score (nSPS) is 17.6. The van der Waals surface area contributed by atoms with Crippen molar-refractivity contribution in [1.29, 1.82) is 0 Å². The molecule has 1 aliphatic heterocycles. The van der Waals surface area contributed by atoms with Gasteiger partial charge in [0, 0.05) is 11.3 Å². The lowest BCUT2D eigenvalue weighted by Crippen LogP contribution is -2.29. The smallest absolute Gasteiger partial charge is 0.300 e. The molecule has 3 aromatic carbocycles. The number of carbonyl (C=O) groups excluding carboxylic acids is 2. The number of ketones is 1. The number of aliphatic hydroxyl groups is 1. The third-order valence-electron chi connectivity index (χ3n) is 6.58. The number of amides is 1. The molecule has 1 atom stereocenters. The number of aromatic hydroxyl groups is 1. The highest BCUT2D eigenvalue weighted by Gasteiger charge is 2.47. The van der Waals surface area contributed by atoms with Crippen molar-refractivity contribution in [2.75, 3.05) is 4.90 Å². The minimum absolute atomic E-state index is 0.0184. The van der Waals surface area contributed by atoms with E-state index < -0.39 is 17.7 Å². The fraction of sp³-hybridized carbons (Fsp3) is 0.267. The number of rotatable bonds is 3. The van der Waals surface area contributed by atoms with Gasteiger partial charge in [0.15, 0.2) is 0 Å². The average molecular weight is 504 g/mol. The quantitative estimate of drug-likeness (QED) is 0.231. The van der Waals surface area contributed by atoms with Gasteiger partial charge in [-0.25, -0.2) is 0 Å². The Balaban J connectivity index is 2.02. The number of halogens is 1. The first-order valence-electron chi connectivity index (χ1n) is 11.8. The Morgan fingerprint density at radius 1 is 0.917 bits per heavy atom. The molecule has 1 fully saturated rings. The molecule has 1 unspecified atom stereocenters. The number of aliphatic hydroxyl groups excluding tert-OH is 1. The number of aryl methyl sites for hydroxylation is 3. The second-order valence-electron chi connectivity index (χ2n) is 10.5. The topological polar surface area (TPSA) is 77.8 Å². The van der Waals surface area contributed by atoms with Gasteiger partial charge >= 0.3 is 0 Å². The molecule has 2 N–H and O–H groups in total. The van der Waals surface area contributed by atoms with Crippen LogP contribution in [0.15, 0.2) is 60.2 Å². The van der Waals surface area contributed by atoms with Crippen LogP contribution in [-0.4, -0.2) is 21.9 Å². The summed E-state index contributed by atoms with van der Waals surface area (Å²) in [5.74, 6) is -1.86. The number of phenolic OH excluding ortho intramolecular Hbond substituents is 1. The van der Waals surface area contributed by atoms with Crippen LogP contribution in [0, 0.1) is 20.8 Å². The minimum atomic E-state index is -0.929. The van der Waals surface area contributed by atoms with Gasteiger partial charge in [-0.05, 0) is 84.3 Å². The summed E-state index contributed by atoms with van der Waals surface area (Å²) in [6.07, 6.45) is 0. The lowest BCUT2D eigenvalue weighted by atomic mass is 9.84. The zero-order chi connectivity index (χ0) is 26.5. The Morgan fingerprint density at radius 2 is 1.56 bits per heavy atom. The molecule has 0 saturated carbocycles. The Bertz CT molecular complexity index is 1410. The summed E-state index contributed by atoms with van der Waals surface area (Å²) in [7, 11) is 0. The van der Waals surface area contributed by atoms with Crippen molar-refractivity contribution >= 4 is 34.7 Å². The standard InChI is InChI=1S/C30H30ClNO4/c1-16-11-17(2)13-21(12-16)32-26(19-8-10-24(33)23(31)14-19)25(28(35)29(32)36)27(34)22-15-20(30(4,5)6)9-7-18(22)3/h7-15,26,33-34H,1-6H3/b27-25+. The van der Waals surface area contributed by atoms with E-state index in [2.05, 4.69) is 20.8 Å². The van der Waals surface area contributed by atoms with Gasteiger partial charge in [0.2, 0.25) is 0 Å². The third-order valence-corrected chi connectivity index (χ3v) is 6.88. The van der Waals surface area contributed by atoms with Gasteiger partial charge in [-0.15, -0.1) is 0 Å². The van der Waals surface area contributed by atoms with Gasteiger partial charge in [-0.1, -0.05) is 56.6 Å². The van der Waals surface area contributed by atoms with Crippen molar-refractivity contribution in [2.24, 2.45) is 0 Å². The van der Waals surface area contributed by atoms with Gasteiger partial charge in [0.1, 0.15) is 11.5 Å². The first-order chi connectivity index (χ1) is 16.8. The van der Waals surface area contributed by atoms with Gasteiger partial charge < -0.3 is 10.2 Å². The summed E-state index contributed by atoms with van der Waals surface area (Å²) in [5.41, 5.74) is 4.98. The number of anilines is 1.